The molecule has 2 rings (SSSR count). The molecule has 1 aromatic carbocycles. The van der Waals surface area contributed by atoms with E-state index < -0.39 is 114 Å². The second-order valence-electron chi connectivity index (χ2n) is 20.2. The van der Waals surface area contributed by atoms with Crippen molar-refractivity contribution in [3.8, 4) is 0 Å². The number of carbonyl (C=O) groups excluding carboxylic acids is 9. The lowest BCUT2D eigenvalue weighted by molar-refractivity contribution is -0.136. The van der Waals surface area contributed by atoms with Crippen molar-refractivity contribution in [3.63, 3.8) is 0 Å². The number of unbranched alkanes of at least 4 members (excludes halogenated alkanes) is 4. The second-order valence-corrected chi connectivity index (χ2v) is 20.2. The van der Waals surface area contributed by atoms with Crippen LogP contribution in [0.15, 0.2) is 30.3 Å². The van der Waals surface area contributed by atoms with Gasteiger partial charge >= 0.3 is 0 Å². The summed E-state index contributed by atoms with van der Waals surface area (Å²) in [4.78, 5) is 125. The third-order valence-electron chi connectivity index (χ3n) is 12.7. The van der Waals surface area contributed by atoms with Crippen LogP contribution in [0.2, 0.25) is 0 Å². The van der Waals surface area contributed by atoms with E-state index in [0.717, 1.165) is 32.1 Å². The Morgan fingerprint density at radius 1 is 0.667 bits per heavy atom. The number of nitrogens with one attached hydrogen (secondary N) is 7. The summed E-state index contributed by atoms with van der Waals surface area (Å²) >= 11 is 0. The highest BCUT2D eigenvalue weighted by Gasteiger charge is 2.35. The zero-order valence-electron chi connectivity index (χ0n) is 43.7. The summed E-state index contributed by atoms with van der Waals surface area (Å²) in [5.41, 5.74) is 18.4. The zero-order valence-corrected chi connectivity index (χ0v) is 43.7. The Morgan fingerprint density at radius 3 is 1.82 bits per heavy atom. The number of carbonyl (C=O) groups is 9. The monoisotopic (exact) mass is 1010 g/mol. The fourth-order valence-corrected chi connectivity index (χ4v) is 8.57. The van der Waals surface area contributed by atoms with Crippen LogP contribution in [0.25, 0.3) is 0 Å². The van der Waals surface area contributed by atoms with Crippen LogP contribution in [0, 0.1) is 23.7 Å². The predicted molar refractivity (Wildman–Crippen MR) is 275 cm³/mol. The van der Waals surface area contributed by atoms with Crippen LogP contribution < -0.4 is 54.4 Å². The minimum atomic E-state index is -1.32. The Bertz CT molecular complexity index is 1890. The van der Waals surface area contributed by atoms with Crippen LogP contribution in [0.5, 0.6) is 0 Å². The minimum absolute atomic E-state index is 0.00691. The first-order valence-corrected chi connectivity index (χ1v) is 26.2. The average Bonchev–Trinajstić information content (AvgIpc) is 3.31. The van der Waals surface area contributed by atoms with Gasteiger partial charge in [0.2, 0.25) is 41.4 Å². The third kappa shape index (κ3) is 23.9. The van der Waals surface area contributed by atoms with Gasteiger partial charge in [-0.3, -0.25) is 43.2 Å². The first kappa shape index (κ1) is 62.8. The van der Waals surface area contributed by atoms with Gasteiger partial charge in [-0.2, -0.15) is 0 Å². The van der Waals surface area contributed by atoms with Gasteiger partial charge < -0.3 is 59.5 Å². The molecule has 1 fully saturated rings. The molecule has 1 aliphatic heterocycles. The molecule has 1 aliphatic rings. The van der Waals surface area contributed by atoms with Gasteiger partial charge in [-0.1, -0.05) is 104 Å². The molecular formula is C52H88N10O10. The van der Waals surface area contributed by atoms with E-state index >= 15 is 0 Å². The number of rotatable bonds is 24. The molecule has 406 valence electrons. The maximum Gasteiger partial charge on any atom is 0.243 e. The topological polar surface area (TPSA) is 336 Å². The van der Waals surface area contributed by atoms with Crippen molar-refractivity contribution in [2.45, 2.75) is 187 Å². The van der Waals surface area contributed by atoms with E-state index in [2.05, 4.69) is 44.1 Å². The fourth-order valence-electron chi connectivity index (χ4n) is 8.57. The number of benzene rings is 1. The van der Waals surface area contributed by atoms with Crippen molar-refractivity contribution in [3.05, 3.63) is 35.9 Å². The van der Waals surface area contributed by atoms with Crippen molar-refractivity contribution < 1.29 is 48.3 Å². The Hall–Kier alpha value is -5.31. The number of amides is 7. The number of ketones is 2. The van der Waals surface area contributed by atoms with Crippen molar-refractivity contribution in [2.75, 3.05) is 26.2 Å². The van der Waals surface area contributed by atoms with E-state index in [0.29, 0.717) is 12.0 Å². The van der Waals surface area contributed by atoms with Gasteiger partial charge in [0.15, 0.2) is 11.6 Å². The number of hydrogen-bond donors (Lipinski definition) is 11. The molecule has 0 spiro atoms. The summed E-state index contributed by atoms with van der Waals surface area (Å²) in [6.07, 6.45) is 3.53. The summed E-state index contributed by atoms with van der Waals surface area (Å²) in [6.45, 7) is 10.8. The average molecular weight is 1010 g/mol. The third-order valence-corrected chi connectivity index (χ3v) is 12.7. The van der Waals surface area contributed by atoms with E-state index in [1.807, 2.05) is 27.7 Å². The lowest BCUT2D eigenvalue weighted by atomic mass is 9.92. The van der Waals surface area contributed by atoms with Crippen molar-refractivity contribution in [2.24, 2.45) is 40.9 Å². The van der Waals surface area contributed by atoms with Crippen molar-refractivity contribution >= 4 is 52.9 Å². The molecule has 72 heavy (non-hydrogen) atoms. The highest BCUT2D eigenvalue weighted by molar-refractivity contribution is 5.98. The highest BCUT2D eigenvalue weighted by atomic mass is 16.3. The summed E-state index contributed by atoms with van der Waals surface area (Å²) in [5.74, 6) is -8.01. The molecule has 0 saturated carbocycles. The predicted octanol–water partition coefficient (Wildman–Crippen LogP) is 1.08. The Labute approximate surface area is 426 Å². The number of aliphatic hydroxyl groups excluding tert-OH is 1. The Morgan fingerprint density at radius 2 is 1.21 bits per heavy atom. The van der Waals surface area contributed by atoms with Gasteiger partial charge in [-0.05, 0) is 82.0 Å². The second kappa shape index (κ2) is 34.2. The van der Waals surface area contributed by atoms with E-state index in [1.165, 1.54) is 6.92 Å². The number of hydrogen-bond acceptors (Lipinski definition) is 13. The van der Waals surface area contributed by atoms with E-state index in [1.54, 1.807) is 30.3 Å². The quantitative estimate of drug-likeness (QED) is 0.0647. The lowest BCUT2D eigenvalue weighted by Crippen LogP contribution is -2.59. The van der Waals surface area contributed by atoms with E-state index in [-0.39, 0.29) is 95.8 Å². The number of aliphatic hydroxyl groups is 1. The minimum Gasteiger partial charge on any atom is -0.393 e. The molecule has 9 atom stereocenters. The molecule has 0 aliphatic carbocycles. The van der Waals surface area contributed by atoms with E-state index in [4.69, 9.17) is 17.2 Å². The zero-order chi connectivity index (χ0) is 53.8. The summed E-state index contributed by atoms with van der Waals surface area (Å²) in [6, 6.07) is 1.77. The molecule has 0 unspecified atom stereocenters. The summed E-state index contributed by atoms with van der Waals surface area (Å²) in [7, 11) is 0. The van der Waals surface area contributed by atoms with Gasteiger partial charge in [0.25, 0.3) is 0 Å². The molecule has 20 heteroatoms. The van der Waals surface area contributed by atoms with Crippen LogP contribution in [0.3, 0.4) is 0 Å². The smallest absolute Gasteiger partial charge is 0.243 e. The fraction of sp³-hybridized carbons (Fsp3) is 0.712. The van der Waals surface area contributed by atoms with Crippen LogP contribution in [0.1, 0.15) is 143 Å². The Kier molecular flexibility index (Phi) is 29.8. The first-order chi connectivity index (χ1) is 34.2. The molecule has 20 nitrogen and oxygen atoms in total. The van der Waals surface area contributed by atoms with Gasteiger partial charge in [-0.15, -0.1) is 0 Å². The van der Waals surface area contributed by atoms with Crippen LogP contribution in [0.4, 0.5) is 0 Å². The molecule has 0 bridgehead atoms. The highest BCUT2D eigenvalue weighted by Crippen LogP contribution is 2.17. The van der Waals surface area contributed by atoms with E-state index in [9.17, 15) is 48.3 Å². The molecular weight excluding hydrogens is 925 g/mol. The Balaban J connectivity index is 2.63. The maximum absolute atomic E-state index is 14.4. The standard InChI is InChI=1S/C52H88N10O10/c1-7-8-9-10-14-17-37(63)31-46(66)57-38(18-22-53)45(65)30-36-21-25-56-49(69)41(26-32(2)3)60-47(67)34(6)28-44(64)39(19-23-54)58-51(71)42(27-33(4)5)61-52(72)43(29-35-15-12-11-13-16-35)62-50(70)40(20-24-55)59-48(36)68/h11-13,15-16,32-34,36-43,63H,7-10,14,17-31,53-55H2,1-6H3,(H,56,69)(H,57,66)(H,58,71)(H,59,68)(H,60,67)(H,61,72)(H,62,70)/t34-,36-,37-,38-,39+,40+,41+,42+,43-/m1/s1. The van der Waals surface area contributed by atoms with Crippen LogP contribution in [-0.4, -0.2) is 127 Å². The molecule has 0 radical (unpaired) electrons. The molecule has 14 N–H and O–H groups in total. The molecule has 1 saturated heterocycles. The largest absolute Gasteiger partial charge is 0.393 e. The molecule has 1 aromatic rings. The summed E-state index contributed by atoms with van der Waals surface area (Å²) in [5, 5.41) is 29.8. The maximum atomic E-state index is 14.4. The first-order valence-electron chi connectivity index (χ1n) is 26.2. The number of nitrogens with two attached hydrogens (primary N) is 3. The molecule has 0 aromatic heterocycles. The molecule has 1 heterocycles. The lowest BCUT2D eigenvalue weighted by Gasteiger charge is -2.28. The number of Topliss-reactive ketones (excluding diaryl/α,β-unsaturated/α-hetero) is 2. The van der Waals surface area contributed by atoms with Crippen LogP contribution in [-0.2, 0) is 49.6 Å². The van der Waals surface area contributed by atoms with Gasteiger partial charge in [0, 0.05) is 37.6 Å². The van der Waals surface area contributed by atoms with Gasteiger partial charge in [-0.25, -0.2) is 0 Å². The van der Waals surface area contributed by atoms with Crippen molar-refractivity contribution in [1.29, 1.82) is 0 Å². The SMILES string of the molecule is CCCCCCC[C@@H](O)CC(=O)N[C@H](CCN)C(=O)C[C@H]1CCNC(=O)[C@H](CC(C)C)NC(=O)[C@H](C)CC(=O)[C@H](CCN)NC(=O)[C@H](CC(C)C)NC(=O)[C@@H](Cc2ccccc2)NC(=O)[C@H](CCN)NC1=O. The van der Waals surface area contributed by atoms with Gasteiger partial charge in [0.1, 0.15) is 24.2 Å². The van der Waals surface area contributed by atoms with Crippen molar-refractivity contribution in [1.82, 2.24) is 37.2 Å². The molecule has 7 amide bonds. The van der Waals surface area contributed by atoms with Gasteiger partial charge in [0.05, 0.1) is 24.6 Å². The van der Waals surface area contributed by atoms with Crippen LogP contribution >= 0.6 is 0 Å². The normalized spacial score (nSPS) is 23.5. The summed E-state index contributed by atoms with van der Waals surface area (Å²) < 4.78 is 0.